The highest BCUT2D eigenvalue weighted by atomic mass is 16.6. The molecule has 0 aromatic heterocycles. The summed E-state index contributed by atoms with van der Waals surface area (Å²) in [4.78, 5) is 17.7. The maximum atomic E-state index is 12.4. The van der Waals surface area contributed by atoms with Crippen LogP contribution in [0.5, 0.6) is 17.2 Å². The molecule has 3 rings (SSSR count). The third kappa shape index (κ3) is 4.36. The van der Waals surface area contributed by atoms with Gasteiger partial charge in [0, 0.05) is 18.5 Å². The molecule has 0 aliphatic carbocycles. The molecule has 1 heterocycles. The average Bonchev–Trinajstić information content (AvgIpc) is 3.23. The lowest BCUT2D eigenvalue weighted by atomic mass is 10.0. The van der Waals surface area contributed by atoms with Crippen molar-refractivity contribution >= 4 is 11.6 Å². The minimum Gasteiger partial charge on any atom is -0.496 e. The van der Waals surface area contributed by atoms with Crippen LogP contribution >= 0.6 is 0 Å². The van der Waals surface area contributed by atoms with Crippen molar-refractivity contribution in [2.24, 2.45) is 5.16 Å². The molecule has 0 saturated heterocycles. The summed E-state index contributed by atoms with van der Waals surface area (Å²) in [5.41, 5.74) is 2.58. The summed E-state index contributed by atoms with van der Waals surface area (Å²) >= 11 is 0. The molecule has 0 saturated carbocycles. The van der Waals surface area contributed by atoms with E-state index in [-0.39, 0.29) is 5.91 Å². The van der Waals surface area contributed by atoms with Gasteiger partial charge < -0.3 is 24.4 Å². The molecule has 2 aromatic rings. The quantitative estimate of drug-likeness (QED) is 0.757. The van der Waals surface area contributed by atoms with Gasteiger partial charge >= 0.3 is 0 Å². The molecule has 0 bridgehead atoms. The van der Waals surface area contributed by atoms with Gasteiger partial charge in [-0.1, -0.05) is 23.4 Å². The van der Waals surface area contributed by atoms with Gasteiger partial charge in [-0.15, -0.1) is 0 Å². The Morgan fingerprint density at radius 3 is 2.57 bits per heavy atom. The minimum atomic E-state index is -0.634. The molecule has 2 aromatic carbocycles. The zero-order chi connectivity index (χ0) is 19.9. The number of nitrogens with zero attached hydrogens (tertiary/aromatic N) is 1. The van der Waals surface area contributed by atoms with Crippen molar-refractivity contribution in [1.29, 1.82) is 0 Å². The predicted molar refractivity (Wildman–Crippen MR) is 105 cm³/mol. The number of nitrogens with one attached hydrogen (secondary N) is 1. The lowest BCUT2D eigenvalue weighted by molar-refractivity contribution is -0.131. The molecule has 1 atom stereocenters. The third-order valence-corrected chi connectivity index (χ3v) is 4.54. The van der Waals surface area contributed by atoms with Crippen LogP contribution < -0.4 is 19.5 Å². The summed E-state index contributed by atoms with van der Waals surface area (Å²) in [5, 5.41) is 6.97. The number of oxime groups is 1. The van der Waals surface area contributed by atoms with Crippen molar-refractivity contribution in [3.63, 3.8) is 0 Å². The Labute approximate surface area is 164 Å². The number of hydrogen-bond acceptors (Lipinski definition) is 6. The van der Waals surface area contributed by atoms with Gasteiger partial charge in [0.05, 0.1) is 27.0 Å². The fraction of sp³-hybridized carbons (Fsp3) is 0.333. The first kappa shape index (κ1) is 19.5. The monoisotopic (exact) mass is 384 g/mol. The van der Waals surface area contributed by atoms with Crippen LogP contribution in [0, 0.1) is 0 Å². The highest BCUT2D eigenvalue weighted by molar-refractivity contribution is 6.05. The fourth-order valence-electron chi connectivity index (χ4n) is 3.04. The van der Waals surface area contributed by atoms with Crippen LogP contribution in [0.4, 0.5) is 0 Å². The summed E-state index contributed by atoms with van der Waals surface area (Å²) in [6.45, 7) is 0.484. The average molecular weight is 384 g/mol. The zero-order valence-corrected chi connectivity index (χ0v) is 16.2. The van der Waals surface area contributed by atoms with Crippen LogP contribution in [0.1, 0.15) is 17.5 Å². The largest absolute Gasteiger partial charge is 0.496 e. The van der Waals surface area contributed by atoms with E-state index in [9.17, 15) is 4.79 Å². The second-order valence-corrected chi connectivity index (χ2v) is 6.27. The number of hydrogen-bond donors (Lipinski definition) is 1. The Hall–Kier alpha value is -3.22. The summed E-state index contributed by atoms with van der Waals surface area (Å²) < 4.78 is 15.9. The summed E-state index contributed by atoms with van der Waals surface area (Å²) in [5.74, 6) is 1.87. The molecule has 1 N–H and O–H groups in total. The lowest BCUT2D eigenvalue weighted by Crippen LogP contribution is -2.36. The normalized spacial score (nSPS) is 15.4. The summed E-state index contributed by atoms with van der Waals surface area (Å²) in [7, 11) is 4.80. The van der Waals surface area contributed by atoms with Crippen molar-refractivity contribution in [3.8, 4) is 17.2 Å². The number of para-hydroxylation sites is 1. The first-order chi connectivity index (χ1) is 13.7. The fourth-order valence-corrected chi connectivity index (χ4v) is 3.04. The first-order valence-electron chi connectivity index (χ1n) is 9.01. The van der Waals surface area contributed by atoms with Crippen molar-refractivity contribution < 1.29 is 23.8 Å². The Bertz CT molecular complexity index is 866. The molecule has 0 unspecified atom stereocenters. The number of rotatable bonds is 8. The minimum absolute atomic E-state index is 0.186. The Morgan fingerprint density at radius 2 is 1.82 bits per heavy atom. The van der Waals surface area contributed by atoms with E-state index in [2.05, 4.69) is 10.5 Å². The van der Waals surface area contributed by atoms with Crippen LogP contribution in [0.2, 0.25) is 0 Å². The van der Waals surface area contributed by atoms with Crippen LogP contribution in [0.3, 0.4) is 0 Å². The van der Waals surface area contributed by atoms with E-state index >= 15 is 0 Å². The molecule has 1 aliphatic rings. The predicted octanol–water partition coefficient (Wildman–Crippen LogP) is 2.56. The Kier molecular flexibility index (Phi) is 6.37. The zero-order valence-electron chi connectivity index (χ0n) is 16.2. The third-order valence-electron chi connectivity index (χ3n) is 4.54. The number of ether oxygens (including phenoxy) is 3. The molecular weight excluding hydrogens is 360 g/mol. The van der Waals surface area contributed by atoms with E-state index in [4.69, 9.17) is 19.0 Å². The molecule has 28 heavy (non-hydrogen) atoms. The highest BCUT2D eigenvalue weighted by Gasteiger charge is 2.29. The molecular formula is C21H24N2O5. The summed E-state index contributed by atoms with van der Waals surface area (Å²) in [6.07, 6.45) is 0.437. The molecule has 7 nitrogen and oxygen atoms in total. The number of methoxy groups -OCH3 is 3. The molecule has 1 amide bonds. The summed E-state index contributed by atoms with van der Waals surface area (Å²) in [6, 6.07) is 13.2. The van der Waals surface area contributed by atoms with Crippen LogP contribution in [0.25, 0.3) is 0 Å². The number of carbonyl (C=O) groups is 1. The Morgan fingerprint density at radius 1 is 1.07 bits per heavy atom. The smallest absolute Gasteiger partial charge is 0.264 e. The maximum Gasteiger partial charge on any atom is 0.264 e. The van der Waals surface area contributed by atoms with E-state index < -0.39 is 6.10 Å². The van der Waals surface area contributed by atoms with Gasteiger partial charge in [-0.2, -0.15) is 0 Å². The molecule has 1 aliphatic heterocycles. The Balaban J connectivity index is 1.51. The van der Waals surface area contributed by atoms with Crippen LogP contribution in [0.15, 0.2) is 47.6 Å². The van der Waals surface area contributed by atoms with Gasteiger partial charge in [-0.3, -0.25) is 4.79 Å². The van der Waals surface area contributed by atoms with E-state index in [0.29, 0.717) is 42.3 Å². The van der Waals surface area contributed by atoms with Gasteiger partial charge in [0.25, 0.3) is 5.91 Å². The second kappa shape index (κ2) is 9.12. The van der Waals surface area contributed by atoms with Crippen molar-refractivity contribution in [1.82, 2.24) is 5.32 Å². The maximum absolute atomic E-state index is 12.4. The van der Waals surface area contributed by atoms with E-state index in [0.717, 1.165) is 11.1 Å². The van der Waals surface area contributed by atoms with Gasteiger partial charge in [-0.05, 0) is 36.2 Å². The van der Waals surface area contributed by atoms with Crippen molar-refractivity contribution in [3.05, 3.63) is 53.6 Å². The van der Waals surface area contributed by atoms with Crippen LogP contribution in [-0.4, -0.2) is 45.6 Å². The standard InChI is InChI=1S/C21H24N2O5/c1-25-17-7-5-4-6-15(17)16-13-20(28-23-16)21(24)22-11-10-14-8-9-18(26-2)19(12-14)27-3/h4-9,12,20H,10-11,13H2,1-3H3,(H,22,24)/t20-/m0/s1. The number of carbonyl (C=O) groups excluding carboxylic acids is 1. The number of amides is 1. The van der Waals surface area contributed by atoms with Gasteiger partial charge in [0.15, 0.2) is 11.5 Å². The van der Waals surface area contributed by atoms with Gasteiger partial charge in [0.1, 0.15) is 5.75 Å². The molecule has 148 valence electrons. The second-order valence-electron chi connectivity index (χ2n) is 6.27. The molecule has 7 heteroatoms. The SMILES string of the molecule is COc1ccc(CCNC(=O)[C@@H]2CC(c3ccccc3OC)=NO2)cc1OC. The molecule has 0 spiro atoms. The van der Waals surface area contributed by atoms with Gasteiger partial charge in [0.2, 0.25) is 6.10 Å². The van der Waals surface area contributed by atoms with Gasteiger partial charge in [-0.25, -0.2) is 0 Å². The van der Waals surface area contributed by atoms with Crippen molar-refractivity contribution in [2.45, 2.75) is 18.9 Å². The van der Waals surface area contributed by atoms with E-state index in [1.807, 2.05) is 42.5 Å². The van der Waals surface area contributed by atoms with E-state index in [1.54, 1.807) is 21.3 Å². The topological polar surface area (TPSA) is 78.4 Å². The lowest BCUT2D eigenvalue weighted by Gasteiger charge is -2.11. The molecule has 0 fully saturated rings. The van der Waals surface area contributed by atoms with Crippen LogP contribution in [-0.2, 0) is 16.1 Å². The van der Waals surface area contributed by atoms with Crippen molar-refractivity contribution in [2.75, 3.05) is 27.9 Å². The number of benzene rings is 2. The first-order valence-corrected chi connectivity index (χ1v) is 9.01. The molecule has 0 radical (unpaired) electrons. The highest BCUT2D eigenvalue weighted by Crippen LogP contribution is 2.28. The van der Waals surface area contributed by atoms with E-state index in [1.165, 1.54) is 0 Å².